The van der Waals surface area contributed by atoms with E-state index in [-0.39, 0.29) is 18.0 Å². The molecule has 0 saturated carbocycles. The maximum Gasteiger partial charge on any atom is 0.263 e. The molecule has 0 bridgehead atoms. The third-order valence-corrected chi connectivity index (χ3v) is 7.60. The minimum atomic E-state index is -0.179. The minimum Gasteiger partial charge on any atom is -0.378 e. The summed E-state index contributed by atoms with van der Waals surface area (Å²) in [6.45, 7) is 3.72. The number of thiophene rings is 2. The van der Waals surface area contributed by atoms with Gasteiger partial charge in [0.25, 0.3) is 5.56 Å². The summed E-state index contributed by atoms with van der Waals surface area (Å²) in [6, 6.07) is 12.2. The Kier molecular flexibility index (Phi) is 6.26. The third-order valence-electron chi connectivity index (χ3n) is 5.81. The Labute approximate surface area is 199 Å². The smallest absolute Gasteiger partial charge is 0.263 e. The Morgan fingerprint density at radius 3 is 2.67 bits per heavy atom. The van der Waals surface area contributed by atoms with E-state index in [0.717, 1.165) is 42.3 Å². The van der Waals surface area contributed by atoms with E-state index < -0.39 is 0 Å². The standard InChI is InChI=1S/C24H24N4O3S2/c1-26(13-17-4-6-18(7-5-17)27-8-10-31-11-9-27)21(29)14-28-16-25-23-22(24(28)30)19(15-33-23)20-3-2-12-32-20/h2-7,12,15-16H,8-11,13-14H2,1H3. The molecule has 1 aromatic carbocycles. The van der Waals surface area contributed by atoms with Gasteiger partial charge in [0, 0.05) is 48.2 Å². The SMILES string of the molecule is CN(Cc1ccc(N2CCOCC2)cc1)C(=O)Cn1cnc2scc(-c3cccs3)c2c1=O. The van der Waals surface area contributed by atoms with Crippen molar-refractivity contribution in [3.63, 3.8) is 0 Å². The lowest BCUT2D eigenvalue weighted by Gasteiger charge is -2.29. The Bertz CT molecular complexity index is 1310. The van der Waals surface area contributed by atoms with Crippen molar-refractivity contribution in [3.8, 4) is 10.4 Å². The van der Waals surface area contributed by atoms with Crippen molar-refractivity contribution in [2.45, 2.75) is 13.1 Å². The Balaban J connectivity index is 1.29. The highest BCUT2D eigenvalue weighted by Gasteiger charge is 2.17. The van der Waals surface area contributed by atoms with Crippen LogP contribution < -0.4 is 10.5 Å². The molecule has 7 nitrogen and oxygen atoms in total. The second-order valence-electron chi connectivity index (χ2n) is 8.00. The second-order valence-corrected chi connectivity index (χ2v) is 9.81. The molecule has 4 heterocycles. The fourth-order valence-corrected chi connectivity index (χ4v) is 5.68. The number of rotatable bonds is 6. The maximum absolute atomic E-state index is 13.2. The monoisotopic (exact) mass is 480 g/mol. The number of morpholine rings is 1. The molecule has 9 heteroatoms. The van der Waals surface area contributed by atoms with Gasteiger partial charge in [-0.2, -0.15) is 0 Å². The van der Waals surface area contributed by atoms with Gasteiger partial charge in [0.2, 0.25) is 5.91 Å². The van der Waals surface area contributed by atoms with E-state index in [9.17, 15) is 9.59 Å². The topological polar surface area (TPSA) is 67.7 Å². The van der Waals surface area contributed by atoms with E-state index in [0.29, 0.717) is 16.8 Å². The molecule has 1 aliphatic heterocycles. The molecule has 0 radical (unpaired) electrons. The summed E-state index contributed by atoms with van der Waals surface area (Å²) >= 11 is 3.04. The number of anilines is 1. The van der Waals surface area contributed by atoms with Crippen molar-refractivity contribution < 1.29 is 9.53 Å². The highest BCUT2D eigenvalue weighted by molar-refractivity contribution is 7.18. The quantitative estimate of drug-likeness (QED) is 0.421. The summed E-state index contributed by atoms with van der Waals surface area (Å²) in [4.78, 5) is 36.1. The molecule has 5 rings (SSSR count). The third kappa shape index (κ3) is 4.57. The molecule has 1 amide bonds. The van der Waals surface area contributed by atoms with Gasteiger partial charge in [0.15, 0.2) is 0 Å². The van der Waals surface area contributed by atoms with Gasteiger partial charge in [0.05, 0.1) is 24.9 Å². The van der Waals surface area contributed by atoms with Crippen molar-refractivity contribution in [2.24, 2.45) is 0 Å². The number of hydrogen-bond acceptors (Lipinski definition) is 7. The molecule has 4 aromatic rings. The molecule has 0 aliphatic carbocycles. The van der Waals surface area contributed by atoms with Crippen LogP contribution in [0.5, 0.6) is 0 Å². The number of hydrogen-bond donors (Lipinski definition) is 0. The summed E-state index contributed by atoms with van der Waals surface area (Å²) in [6.07, 6.45) is 1.47. The van der Waals surface area contributed by atoms with Crippen LogP contribution in [0.15, 0.2) is 58.3 Å². The van der Waals surface area contributed by atoms with Crippen LogP contribution in [-0.4, -0.2) is 53.7 Å². The predicted molar refractivity (Wildman–Crippen MR) is 133 cm³/mol. The van der Waals surface area contributed by atoms with E-state index in [2.05, 4.69) is 22.0 Å². The van der Waals surface area contributed by atoms with Crippen LogP contribution >= 0.6 is 22.7 Å². The van der Waals surface area contributed by atoms with Crippen LogP contribution in [0.25, 0.3) is 20.7 Å². The van der Waals surface area contributed by atoms with Crippen molar-refractivity contribution in [1.29, 1.82) is 0 Å². The number of nitrogens with zero attached hydrogens (tertiary/aromatic N) is 4. The lowest BCUT2D eigenvalue weighted by atomic mass is 10.1. The fraction of sp³-hybridized carbons (Fsp3) is 0.292. The predicted octanol–water partition coefficient (Wildman–Crippen LogP) is 3.68. The molecule has 33 heavy (non-hydrogen) atoms. The van der Waals surface area contributed by atoms with Crippen LogP contribution in [0.4, 0.5) is 5.69 Å². The fourth-order valence-electron chi connectivity index (χ4n) is 3.96. The summed E-state index contributed by atoms with van der Waals surface area (Å²) in [5.74, 6) is -0.136. The Hall–Kier alpha value is -3.01. The highest BCUT2D eigenvalue weighted by atomic mass is 32.1. The van der Waals surface area contributed by atoms with E-state index in [4.69, 9.17) is 4.74 Å². The molecule has 0 atom stereocenters. The zero-order valence-electron chi connectivity index (χ0n) is 18.3. The van der Waals surface area contributed by atoms with Crippen molar-refractivity contribution >= 4 is 44.5 Å². The molecule has 3 aromatic heterocycles. The van der Waals surface area contributed by atoms with E-state index in [1.165, 1.54) is 27.9 Å². The van der Waals surface area contributed by atoms with Gasteiger partial charge >= 0.3 is 0 Å². The lowest BCUT2D eigenvalue weighted by molar-refractivity contribution is -0.131. The highest BCUT2D eigenvalue weighted by Crippen LogP contribution is 2.33. The molecule has 1 aliphatic rings. The average molecular weight is 481 g/mol. The molecule has 0 N–H and O–H groups in total. The number of carbonyl (C=O) groups is 1. The summed E-state index contributed by atoms with van der Waals surface area (Å²) in [7, 11) is 1.76. The normalized spacial score (nSPS) is 14.0. The molecular weight excluding hydrogens is 456 g/mol. The minimum absolute atomic E-state index is 0.0378. The number of fused-ring (bicyclic) bond motifs is 1. The number of amides is 1. The molecular formula is C24H24N4O3S2. The number of likely N-dealkylation sites (N-methyl/N-ethyl adjacent to an activating group) is 1. The largest absolute Gasteiger partial charge is 0.378 e. The van der Waals surface area contributed by atoms with Crippen LogP contribution in [0.1, 0.15) is 5.56 Å². The zero-order valence-corrected chi connectivity index (χ0v) is 19.9. The number of benzene rings is 1. The molecule has 170 valence electrons. The van der Waals surface area contributed by atoms with Gasteiger partial charge in [-0.25, -0.2) is 4.98 Å². The molecule has 1 saturated heterocycles. The number of aromatic nitrogens is 2. The molecule has 1 fully saturated rings. The van der Waals surface area contributed by atoms with Gasteiger partial charge in [0.1, 0.15) is 11.4 Å². The van der Waals surface area contributed by atoms with Crippen molar-refractivity contribution in [3.05, 3.63) is 69.4 Å². The molecule has 0 spiro atoms. The first-order chi connectivity index (χ1) is 16.1. The first kappa shape index (κ1) is 21.8. The van der Waals surface area contributed by atoms with E-state index in [1.54, 1.807) is 23.3 Å². The van der Waals surface area contributed by atoms with Crippen LogP contribution in [0.2, 0.25) is 0 Å². The number of carbonyl (C=O) groups excluding carboxylic acids is 1. The van der Waals surface area contributed by atoms with Gasteiger partial charge in [-0.3, -0.25) is 14.2 Å². The first-order valence-electron chi connectivity index (χ1n) is 10.8. The van der Waals surface area contributed by atoms with Crippen LogP contribution in [0.3, 0.4) is 0 Å². The van der Waals surface area contributed by atoms with E-state index >= 15 is 0 Å². The van der Waals surface area contributed by atoms with Gasteiger partial charge in [-0.15, -0.1) is 22.7 Å². The van der Waals surface area contributed by atoms with Crippen molar-refractivity contribution in [2.75, 3.05) is 38.3 Å². The summed E-state index contributed by atoms with van der Waals surface area (Å²) in [5, 5.41) is 4.53. The lowest BCUT2D eigenvalue weighted by Crippen LogP contribution is -2.36. The van der Waals surface area contributed by atoms with Gasteiger partial charge < -0.3 is 14.5 Å². The number of ether oxygens (including phenoxy) is 1. The Morgan fingerprint density at radius 1 is 1.15 bits per heavy atom. The second kappa shape index (κ2) is 9.46. The van der Waals surface area contributed by atoms with E-state index in [1.807, 2.05) is 35.0 Å². The first-order valence-corrected chi connectivity index (χ1v) is 12.5. The van der Waals surface area contributed by atoms with Gasteiger partial charge in [-0.1, -0.05) is 18.2 Å². The van der Waals surface area contributed by atoms with Crippen molar-refractivity contribution in [1.82, 2.24) is 14.5 Å². The molecule has 0 unspecified atom stereocenters. The Morgan fingerprint density at radius 2 is 1.94 bits per heavy atom. The van der Waals surface area contributed by atoms with Gasteiger partial charge in [-0.05, 0) is 29.1 Å². The zero-order chi connectivity index (χ0) is 22.8. The average Bonchev–Trinajstić information content (AvgIpc) is 3.52. The summed E-state index contributed by atoms with van der Waals surface area (Å²) < 4.78 is 6.82. The van der Waals surface area contributed by atoms with Crippen LogP contribution in [0, 0.1) is 0 Å². The maximum atomic E-state index is 13.2. The van der Waals surface area contributed by atoms with Crippen LogP contribution in [-0.2, 0) is 22.6 Å². The summed E-state index contributed by atoms with van der Waals surface area (Å²) in [5.41, 5.74) is 2.92.